The van der Waals surface area contributed by atoms with E-state index in [0.29, 0.717) is 16.7 Å². The molecule has 24 heavy (non-hydrogen) atoms. The van der Waals surface area contributed by atoms with Gasteiger partial charge in [0.25, 0.3) is 5.56 Å². The Hall–Kier alpha value is -3.05. The van der Waals surface area contributed by atoms with Gasteiger partial charge in [-0.2, -0.15) is 9.78 Å². The van der Waals surface area contributed by atoms with Crippen LogP contribution in [0.2, 0.25) is 0 Å². The van der Waals surface area contributed by atoms with Crippen LogP contribution in [0.1, 0.15) is 4.88 Å². The van der Waals surface area contributed by atoms with Gasteiger partial charge in [-0.3, -0.25) is 4.79 Å². The quantitative estimate of drug-likeness (QED) is 0.533. The maximum atomic E-state index is 12.9. The van der Waals surface area contributed by atoms with E-state index in [1.54, 1.807) is 23.6 Å². The second-order valence-electron chi connectivity index (χ2n) is 5.20. The summed E-state index contributed by atoms with van der Waals surface area (Å²) in [4.78, 5) is 18.5. The minimum atomic E-state index is -0.174. The molecule has 4 rings (SSSR count). The van der Waals surface area contributed by atoms with Crippen LogP contribution in [0.25, 0.3) is 22.3 Å². The van der Waals surface area contributed by atoms with Gasteiger partial charge < -0.3 is 0 Å². The fraction of sp³-hybridized carbons (Fsp3) is 0. The number of nitrogens with zero attached hydrogens (tertiary/aromatic N) is 3. The highest BCUT2D eigenvalue weighted by molar-refractivity contribution is 7.11. The van der Waals surface area contributed by atoms with Crippen molar-refractivity contribution >= 4 is 28.5 Å². The lowest BCUT2D eigenvalue weighted by molar-refractivity contribution is 0.830. The summed E-state index contributed by atoms with van der Waals surface area (Å²) in [6.07, 6.45) is 1.69. The zero-order valence-electron chi connectivity index (χ0n) is 12.7. The van der Waals surface area contributed by atoms with Crippen molar-refractivity contribution in [1.82, 2.24) is 9.66 Å². The molecule has 0 fully saturated rings. The second kappa shape index (κ2) is 6.22. The molecule has 0 saturated carbocycles. The molecule has 0 atom stereocenters. The molecule has 0 aliphatic carbocycles. The summed E-state index contributed by atoms with van der Waals surface area (Å²) in [6.45, 7) is 0. The summed E-state index contributed by atoms with van der Waals surface area (Å²) in [5.74, 6) is 0.534. The fourth-order valence-electron chi connectivity index (χ4n) is 2.48. The fourth-order valence-corrected chi connectivity index (χ4v) is 3.06. The number of rotatable bonds is 3. The van der Waals surface area contributed by atoms with Gasteiger partial charge in [0, 0.05) is 10.4 Å². The highest BCUT2D eigenvalue weighted by Crippen LogP contribution is 2.18. The third kappa shape index (κ3) is 2.66. The van der Waals surface area contributed by atoms with Crippen molar-refractivity contribution < 1.29 is 0 Å². The molecular formula is C19H13N3OS. The second-order valence-corrected chi connectivity index (χ2v) is 6.17. The van der Waals surface area contributed by atoms with E-state index >= 15 is 0 Å². The van der Waals surface area contributed by atoms with Crippen LogP contribution in [-0.2, 0) is 0 Å². The van der Waals surface area contributed by atoms with Crippen LogP contribution in [0.4, 0.5) is 0 Å². The summed E-state index contributed by atoms with van der Waals surface area (Å²) < 4.78 is 1.37. The summed E-state index contributed by atoms with van der Waals surface area (Å²) in [7, 11) is 0. The van der Waals surface area contributed by atoms with Crippen LogP contribution < -0.4 is 5.56 Å². The molecular weight excluding hydrogens is 318 g/mol. The first-order valence-electron chi connectivity index (χ1n) is 7.48. The maximum Gasteiger partial charge on any atom is 0.282 e. The highest BCUT2D eigenvalue weighted by atomic mass is 32.1. The van der Waals surface area contributed by atoms with E-state index in [4.69, 9.17) is 0 Å². The first-order chi connectivity index (χ1) is 11.8. The summed E-state index contributed by atoms with van der Waals surface area (Å²) in [6, 6.07) is 20.9. The number of para-hydroxylation sites is 1. The predicted molar refractivity (Wildman–Crippen MR) is 98.8 cm³/mol. The number of benzene rings is 2. The van der Waals surface area contributed by atoms with Crippen molar-refractivity contribution in [2.45, 2.75) is 0 Å². The monoisotopic (exact) mass is 331 g/mol. The van der Waals surface area contributed by atoms with Crippen LogP contribution in [0.3, 0.4) is 0 Å². The van der Waals surface area contributed by atoms with Crippen molar-refractivity contribution in [3.8, 4) is 11.4 Å². The number of thiophene rings is 1. The molecule has 0 radical (unpaired) electrons. The summed E-state index contributed by atoms with van der Waals surface area (Å²) in [5, 5.41) is 6.93. The van der Waals surface area contributed by atoms with E-state index in [0.717, 1.165) is 10.4 Å². The Morgan fingerprint density at radius 2 is 1.75 bits per heavy atom. The predicted octanol–water partition coefficient (Wildman–Crippen LogP) is 4.01. The molecule has 0 bridgehead atoms. The first-order valence-corrected chi connectivity index (χ1v) is 8.36. The van der Waals surface area contributed by atoms with Gasteiger partial charge in [0.2, 0.25) is 0 Å². The Morgan fingerprint density at radius 1 is 0.958 bits per heavy atom. The Labute approximate surface area is 142 Å². The summed E-state index contributed by atoms with van der Waals surface area (Å²) in [5.41, 5.74) is 1.35. The molecule has 0 aliphatic rings. The van der Waals surface area contributed by atoms with Crippen LogP contribution in [0.15, 0.2) is 82.0 Å². The van der Waals surface area contributed by atoms with Gasteiger partial charge in [-0.1, -0.05) is 48.5 Å². The van der Waals surface area contributed by atoms with E-state index in [1.807, 2.05) is 66.0 Å². The van der Waals surface area contributed by atoms with Gasteiger partial charge in [0.15, 0.2) is 5.82 Å². The highest BCUT2D eigenvalue weighted by Gasteiger charge is 2.11. The van der Waals surface area contributed by atoms with Crippen molar-refractivity contribution in [2.24, 2.45) is 5.10 Å². The molecule has 2 aromatic heterocycles. The van der Waals surface area contributed by atoms with Crippen LogP contribution in [-0.4, -0.2) is 15.9 Å². The number of hydrogen-bond donors (Lipinski definition) is 0. The molecule has 4 nitrogen and oxygen atoms in total. The zero-order valence-corrected chi connectivity index (χ0v) is 13.5. The van der Waals surface area contributed by atoms with E-state index in [9.17, 15) is 4.79 Å². The first kappa shape index (κ1) is 14.5. The molecule has 2 heterocycles. The van der Waals surface area contributed by atoms with Gasteiger partial charge in [0.1, 0.15) is 0 Å². The van der Waals surface area contributed by atoms with E-state index in [2.05, 4.69) is 10.1 Å². The summed E-state index contributed by atoms with van der Waals surface area (Å²) >= 11 is 1.57. The lowest BCUT2D eigenvalue weighted by Gasteiger charge is -2.09. The molecule has 5 heteroatoms. The van der Waals surface area contributed by atoms with Gasteiger partial charge in [-0.25, -0.2) is 4.98 Å². The van der Waals surface area contributed by atoms with E-state index in [-0.39, 0.29) is 5.56 Å². The molecule has 0 amide bonds. The Balaban J connectivity index is 1.98. The smallest absolute Gasteiger partial charge is 0.267 e. The average molecular weight is 331 g/mol. The number of hydrogen-bond acceptors (Lipinski definition) is 4. The van der Waals surface area contributed by atoms with E-state index < -0.39 is 0 Å². The minimum absolute atomic E-state index is 0.174. The Bertz CT molecular complexity index is 1070. The lowest BCUT2D eigenvalue weighted by Crippen LogP contribution is -2.20. The normalized spacial score (nSPS) is 11.3. The molecule has 0 aliphatic heterocycles. The molecule has 0 N–H and O–H groups in total. The third-order valence-corrected chi connectivity index (χ3v) is 4.44. The maximum absolute atomic E-state index is 12.9. The number of aromatic nitrogens is 2. The van der Waals surface area contributed by atoms with Crippen LogP contribution in [0, 0.1) is 0 Å². The van der Waals surface area contributed by atoms with Gasteiger partial charge in [-0.05, 0) is 23.6 Å². The van der Waals surface area contributed by atoms with Crippen LogP contribution in [0.5, 0.6) is 0 Å². The van der Waals surface area contributed by atoms with Gasteiger partial charge >= 0.3 is 0 Å². The lowest BCUT2D eigenvalue weighted by atomic mass is 10.2. The molecule has 2 aromatic carbocycles. The molecule has 0 spiro atoms. The topological polar surface area (TPSA) is 47.2 Å². The SMILES string of the molecule is O=c1c2ccccc2nc(-c2ccccc2)n1/N=C/c1cccs1. The van der Waals surface area contributed by atoms with Gasteiger partial charge in [-0.15, -0.1) is 11.3 Å². The average Bonchev–Trinajstić information content (AvgIpc) is 3.15. The van der Waals surface area contributed by atoms with Crippen molar-refractivity contribution in [3.05, 3.63) is 87.3 Å². The minimum Gasteiger partial charge on any atom is -0.267 e. The van der Waals surface area contributed by atoms with Crippen LogP contribution >= 0.6 is 11.3 Å². The Morgan fingerprint density at radius 3 is 2.54 bits per heavy atom. The zero-order chi connectivity index (χ0) is 16.4. The van der Waals surface area contributed by atoms with Crippen molar-refractivity contribution in [2.75, 3.05) is 0 Å². The molecule has 4 aromatic rings. The molecule has 116 valence electrons. The third-order valence-electron chi connectivity index (χ3n) is 3.63. The molecule has 0 saturated heterocycles. The van der Waals surface area contributed by atoms with E-state index in [1.165, 1.54) is 4.68 Å². The van der Waals surface area contributed by atoms with Gasteiger partial charge in [0.05, 0.1) is 17.1 Å². The Kier molecular flexibility index (Phi) is 3.76. The number of fused-ring (bicyclic) bond motifs is 1. The largest absolute Gasteiger partial charge is 0.282 e. The van der Waals surface area contributed by atoms with Crippen molar-refractivity contribution in [3.63, 3.8) is 0 Å². The van der Waals surface area contributed by atoms with Crippen molar-refractivity contribution in [1.29, 1.82) is 0 Å². The molecule has 0 unspecified atom stereocenters. The standard InChI is InChI=1S/C19H13N3OS/c23-19-16-10-4-5-11-17(16)21-18(14-7-2-1-3-8-14)22(19)20-13-15-9-6-12-24-15/h1-13H/b20-13+.